The molecule has 0 unspecified atom stereocenters. The summed E-state index contributed by atoms with van der Waals surface area (Å²) in [6, 6.07) is 0. The van der Waals surface area contributed by atoms with E-state index in [-0.39, 0.29) is 0 Å². The van der Waals surface area contributed by atoms with Crippen LogP contribution in [0.1, 0.15) is 38.5 Å². The van der Waals surface area contributed by atoms with E-state index >= 15 is 0 Å². The molecule has 10 heavy (non-hydrogen) atoms. The van der Waals surface area contributed by atoms with Crippen LogP contribution in [0.2, 0.25) is 0 Å². The highest BCUT2D eigenvalue weighted by Gasteiger charge is 2.34. The summed E-state index contributed by atoms with van der Waals surface area (Å²) in [6.07, 6.45) is 8.89. The zero-order chi connectivity index (χ0) is 6.86. The van der Waals surface area contributed by atoms with Crippen LogP contribution in [0.3, 0.4) is 0 Å². The monoisotopic (exact) mass is 139 g/mol. The highest BCUT2D eigenvalue weighted by molar-refractivity contribution is 4.89. The van der Waals surface area contributed by atoms with Crippen molar-refractivity contribution in [2.24, 2.45) is 5.41 Å². The van der Waals surface area contributed by atoms with Crippen LogP contribution in [0.5, 0.6) is 0 Å². The highest BCUT2D eigenvalue weighted by atomic mass is 14.9. The summed E-state index contributed by atoms with van der Waals surface area (Å²) < 4.78 is 0. The normalized spacial score (nSPS) is 31.2. The van der Waals surface area contributed by atoms with Crippen molar-refractivity contribution in [1.82, 2.24) is 5.32 Å². The Bertz CT molecular complexity index is 106. The second-order valence-corrected chi connectivity index (χ2v) is 3.99. The molecule has 1 heteroatoms. The maximum Gasteiger partial charge on any atom is 0.000781 e. The molecular formula is C9H17N. The van der Waals surface area contributed by atoms with Gasteiger partial charge >= 0.3 is 0 Å². The van der Waals surface area contributed by atoms with Gasteiger partial charge in [-0.15, -0.1) is 0 Å². The van der Waals surface area contributed by atoms with E-state index in [1.54, 1.807) is 0 Å². The average molecular weight is 139 g/mol. The van der Waals surface area contributed by atoms with Crippen molar-refractivity contribution in [2.75, 3.05) is 13.1 Å². The average Bonchev–Trinajstić information content (AvgIpc) is 2.39. The van der Waals surface area contributed by atoms with Crippen molar-refractivity contribution in [3.8, 4) is 0 Å². The van der Waals surface area contributed by atoms with E-state index in [1.165, 1.54) is 51.6 Å². The fourth-order valence-corrected chi connectivity index (χ4v) is 2.58. The molecule has 0 atom stereocenters. The van der Waals surface area contributed by atoms with Gasteiger partial charge in [0.2, 0.25) is 0 Å². The van der Waals surface area contributed by atoms with Crippen LogP contribution >= 0.6 is 0 Å². The minimum Gasteiger partial charge on any atom is -0.316 e. The highest BCUT2D eigenvalue weighted by Crippen LogP contribution is 2.42. The van der Waals surface area contributed by atoms with Crippen LogP contribution in [0.15, 0.2) is 0 Å². The number of piperidine rings is 1. The molecule has 1 N–H and O–H groups in total. The number of rotatable bonds is 0. The van der Waals surface area contributed by atoms with Gasteiger partial charge in [0.05, 0.1) is 0 Å². The molecule has 0 radical (unpaired) electrons. The van der Waals surface area contributed by atoms with E-state index < -0.39 is 0 Å². The molecule has 58 valence electrons. The Morgan fingerprint density at radius 1 is 0.900 bits per heavy atom. The summed E-state index contributed by atoms with van der Waals surface area (Å²) in [5, 5.41) is 3.52. The maximum atomic E-state index is 3.52. The Labute approximate surface area is 63.2 Å². The first-order valence-electron chi connectivity index (χ1n) is 4.62. The van der Waals surface area contributed by atoms with Crippen molar-refractivity contribution >= 4 is 0 Å². The molecular weight excluding hydrogens is 122 g/mol. The Balaban J connectivity index is 1.98. The van der Waals surface area contributed by atoms with Gasteiger partial charge in [-0.1, -0.05) is 12.8 Å². The molecule has 0 aromatic heterocycles. The van der Waals surface area contributed by atoms with Gasteiger partial charge in [0.1, 0.15) is 0 Å². The zero-order valence-corrected chi connectivity index (χ0v) is 6.66. The third-order valence-electron chi connectivity index (χ3n) is 3.22. The number of hydrogen-bond acceptors (Lipinski definition) is 1. The lowest BCUT2D eigenvalue weighted by Gasteiger charge is -2.33. The fourth-order valence-electron chi connectivity index (χ4n) is 2.58. The predicted molar refractivity (Wildman–Crippen MR) is 43.0 cm³/mol. The van der Waals surface area contributed by atoms with Crippen LogP contribution in [0.4, 0.5) is 0 Å². The zero-order valence-electron chi connectivity index (χ0n) is 6.66. The van der Waals surface area contributed by atoms with Gasteiger partial charge in [0.15, 0.2) is 0 Å². The molecule has 1 aliphatic carbocycles. The molecule has 0 amide bonds. The first kappa shape index (κ1) is 6.66. The number of nitrogens with one attached hydrogen (secondary N) is 1. The first-order valence-corrected chi connectivity index (χ1v) is 4.62. The lowest BCUT2D eigenvalue weighted by molar-refractivity contribution is 0.217. The van der Waals surface area contributed by atoms with E-state index in [2.05, 4.69) is 5.32 Å². The molecule has 1 heterocycles. The minimum atomic E-state index is 0.762. The summed E-state index contributed by atoms with van der Waals surface area (Å²) in [4.78, 5) is 0. The maximum absolute atomic E-state index is 3.52. The van der Waals surface area contributed by atoms with E-state index in [1.807, 2.05) is 0 Å². The molecule has 1 saturated heterocycles. The molecule has 1 saturated carbocycles. The van der Waals surface area contributed by atoms with Gasteiger partial charge in [0, 0.05) is 6.54 Å². The van der Waals surface area contributed by atoms with Crippen LogP contribution in [0, 0.1) is 5.41 Å². The molecule has 2 rings (SSSR count). The van der Waals surface area contributed by atoms with Gasteiger partial charge in [-0.05, 0) is 37.6 Å². The Kier molecular flexibility index (Phi) is 1.69. The van der Waals surface area contributed by atoms with Crippen molar-refractivity contribution in [2.45, 2.75) is 38.5 Å². The van der Waals surface area contributed by atoms with Gasteiger partial charge in [0.25, 0.3) is 0 Å². The predicted octanol–water partition coefficient (Wildman–Crippen LogP) is 1.93. The minimum absolute atomic E-state index is 0.762. The molecule has 2 fully saturated rings. The van der Waals surface area contributed by atoms with E-state index in [9.17, 15) is 0 Å². The van der Waals surface area contributed by atoms with Crippen LogP contribution in [0.25, 0.3) is 0 Å². The topological polar surface area (TPSA) is 12.0 Å². The van der Waals surface area contributed by atoms with Gasteiger partial charge in [-0.25, -0.2) is 0 Å². The second-order valence-electron chi connectivity index (χ2n) is 3.99. The van der Waals surface area contributed by atoms with Gasteiger partial charge in [-0.2, -0.15) is 0 Å². The Morgan fingerprint density at radius 2 is 1.60 bits per heavy atom. The molecule has 1 nitrogen and oxygen atoms in total. The van der Waals surface area contributed by atoms with Crippen LogP contribution in [-0.2, 0) is 0 Å². The number of hydrogen-bond donors (Lipinski definition) is 1. The fraction of sp³-hybridized carbons (Fsp3) is 1.00. The van der Waals surface area contributed by atoms with Gasteiger partial charge < -0.3 is 5.32 Å². The summed E-state index contributed by atoms with van der Waals surface area (Å²) in [5.74, 6) is 0. The molecule has 0 aromatic carbocycles. The van der Waals surface area contributed by atoms with Gasteiger partial charge in [-0.3, -0.25) is 0 Å². The third-order valence-corrected chi connectivity index (χ3v) is 3.22. The molecule has 1 spiro atoms. The lowest BCUT2D eigenvalue weighted by Crippen LogP contribution is -2.37. The van der Waals surface area contributed by atoms with Crippen molar-refractivity contribution in [3.05, 3.63) is 0 Å². The summed E-state index contributed by atoms with van der Waals surface area (Å²) in [7, 11) is 0. The largest absolute Gasteiger partial charge is 0.316 e. The smallest absolute Gasteiger partial charge is 0.000781 e. The molecule has 0 aromatic rings. The summed E-state index contributed by atoms with van der Waals surface area (Å²) in [6.45, 7) is 2.58. The second kappa shape index (κ2) is 2.54. The van der Waals surface area contributed by atoms with E-state index in [0.717, 1.165) is 5.41 Å². The summed E-state index contributed by atoms with van der Waals surface area (Å²) >= 11 is 0. The Morgan fingerprint density at radius 3 is 2.20 bits per heavy atom. The summed E-state index contributed by atoms with van der Waals surface area (Å²) in [5.41, 5.74) is 0.762. The molecule has 0 bridgehead atoms. The first-order chi connectivity index (χ1) is 4.91. The van der Waals surface area contributed by atoms with Crippen molar-refractivity contribution in [1.29, 1.82) is 0 Å². The SMILES string of the molecule is C1CCC2(C1)CCCNC2. The molecule has 2 aliphatic rings. The van der Waals surface area contributed by atoms with Crippen molar-refractivity contribution < 1.29 is 0 Å². The lowest BCUT2D eigenvalue weighted by atomic mass is 9.79. The third kappa shape index (κ3) is 1.07. The van der Waals surface area contributed by atoms with E-state index in [0.29, 0.717) is 0 Å². The Hall–Kier alpha value is -0.0400. The van der Waals surface area contributed by atoms with Crippen molar-refractivity contribution in [3.63, 3.8) is 0 Å². The standard InChI is InChI=1S/C9H17N/c1-2-5-9(4-1)6-3-7-10-8-9/h10H,1-8H2. The van der Waals surface area contributed by atoms with E-state index in [4.69, 9.17) is 0 Å². The van der Waals surface area contributed by atoms with Crippen LogP contribution < -0.4 is 5.32 Å². The molecule has 1 aliphatic heterocycles. The van der Waals surface area contributed by atoms with Crippen LogP contribution in [-0.4, -0.2) is 13.1 Å². The quantitative estimate of drug-likeness (QED) is 0.540.